The van der Waals surface area contributed by atoms with E-state index in [1.54, 1.807) is 0 Å². The van der Waals surface area contributed by atoms with Crippen LogP contribution in [0.3, 0.4) is 0 Å². The first-order valence-corrected chi connectivity index (χ1v) is 8.83. The van der Waals surface area contributed by atoms with Crippen molar-refractivity contribution in [1.29, 1.82) is 0 Å². The van der Waals surface area contributed by atoms with Gasteiger partial charge in [0.2, 0.25) is 5.91 Å². The summed E-state index contributed by atoms with van der Waals surface area (Å²) >= 11 is 0. The predicted octanol–water partition coefficient (Wildman–Crippen LogP) is 3.49. The average molecular weight is 322 g/mol. The van der Waals surface area contributed by atoms with Crippen molar-refractivity contribution in [2.45, 2.75) is 32.2 Å². The van der Waals surface area contributed by atoms with E-state index in [0.717, 1.165) is 18.7 Å². The van der Waals surface area contributed by atoms with E-state index in [0.29, 0.717) is 13.0 Å². The lowest BCUT2D eigenvalue weighted by atomic mass is 10.0. The van der Waals surface area contributed by atoms with Crippen molar-refractivity contribution in [3.05, 3.63) is 71.3 Å². The zero-order valence-electron chi connectivity index (χ0n) is 14.4. The van der Waals surface area contributed by atoms with E-state index in [9.17, 15) is 4.79 Å². The summed E-state index contributed by atoms with van der Waals surface area (Å²) in [5.41, 5.74) is 3.62. The van der Waals surface area contributed by atoms with Crippen LogP contribution in [0.2, 0.25) is 0 Å². The molecule has 1 N–H and O–H groups in total. The van der Waals surface area contributed by atoms with E-state index in [2.05, 4.69) is 41.4 Å². The lowest BCUT2D eigenvalue weighted by Crippen LogP contribution is -2.37. The van der Waals surface area contributed by atoms with Crippen LogP contribution in [0.15, 0.2) is 54.6 Å². The molecule has 3 nitrogen and oxygen atoms in total. The molecule has 0 radical (unpaired) electrons. The molecular weight excluding hydrogens is 296 g/mol. The Labute approximate surface area is 144 Å². The molecule has 0 bridgehead atoms. The van der Waals surface area contributed by atoms with Crippen molar-refractivity contribution >= 4 is 5.91 Å². The van der Waals surface area contributed by atoms with E-state index in [-0.39, 0.29) is 11.9 Å². The summed E-state index contributed by atoms with van der Waals surface area (Å²) in [4.78, 5) is 14.8. The monoisotopic (exact) mass is 322 g/mol. The number of likely N-dealkylation sites (tertiary alicyclic amines) is 1. The molecule has 1 aliphatic rings. The summed E-state index contributed by atoms with van der Waals surface area (Å²) in [6, 6.07) is 18.9. The van der Waals surface area contributed by atoms with Gasteiger partial charge in [-0.25, -0.2) is 0 Å². The van der Waals surface area contributed by atoms with Gasteiger partial charge < -0.3 is 5.32 Å². The lowest BCUT2D eigenvalue weighted by molar-refractivity contribution is -0.120. The second kappa shape index (κ2) is 8.11. The number of rotatable bonds is 6. The van der Waals surface area contributed by atoms with Crippen LogP contribution in [0, 0.1) is 6.92 Å². The molecule has 2 aromatic rings. The highest BCUT2D eigenvalue weighted by Crippen LogP contribution is 2.24. The van der Waals surface area contributed by atoms with Crippen molar-refractivity contribution in [3.8, 4) is 0 Å². The SMILES string of the molecule is Cc1ccc(C(CNC(=O)Cc2ccccc2)N2CCCC2)cc1. The Bertz CT molecular complexity index is 645. The van der Waals surface area contributed by atoms with Gasteiger partial charge in [0.1, 0.15) is 0 Å². The normalized spacial score (nSPS) is 16.0. The van der Waals surface area contributed by atoms with Crippen molar-refractivity contribution in [3.63, 3.8) is 0 Å². The third-order valence-electron chi connectivity index (χ3n) is 4.74. The summed E-state index contributed by atoms with van der Waals surface area (Å²) < 4.78 is 0. The molecule has 0 saturated carbocycles. The number of aryl methyl sites for hydroxylation is 1. The van der Waals surface area contributed by atoms with Crippen molar-refractivity contribution in [2.24, 2.45) is 0 Å². The fraction of sp³-hybridized carbons (Fsp3) is 0.381. The molecule has 0 aliphatic carbocycles. The molecule has 0 spiro atoms. The third-order valence-corrected chi connectivity index (χ3v) is 4.74. The van der Waals surface area contributed by atoms with Gasteiger partial charge in [-0.1, -0.05) is 60.2 Å². The van der Waals surface area contributed by atoms with Crippen LogP contribution in [-0.2, 0) is 11.2 Å². The number of carbonyl (C=O) groups is 1. The van der Waals surface area contributed by atoms with Gasteiger partial charge >= 0.3 is 0 Å². The number of hydrogen-bond acceptors (Lipinski definition) is 2. The zero-order chi connectivity index (χ0) is 16.8. The number of amides is 1. The minimum Gasteiger partial charge on any atom is -0.354 e. The predicted molar refractivity (Wildman–Crippen MR) is 97.9 cm³/mol. The molecule has 126 valence electrons. The highest BCUT2D eigenvalue weighted by Gasteiger charge is 2.23. The number of carbonyl (C=O) groups excluding carboxylic acids is 1. The van der Waals surface area contributed by atoms with E-state index in [4.69, 9.17) is 0 Å². The Balaban J connectivity index is 1.63. The van der Waals surface area contributed by atoms with Crippen LogP contribution in [-0.4, -0.2) is 30.4 Å². The molecule has 1 heterocycles. The molecule has 1 atom stereocenters. The Morgan fingerprint density at radius 1 is 1.04 bits per heavy atom. The van der Waals surface area contributed by atoms with Gasteiger partial charge in [-0.3, -0.25) is 9.69 Å². The summed E-state index contributed by atoms with van der Waals surface area (Å²) in [7, 11) is 0. The van der Waals surface area contributed by atoms with Gasteiger partial charge in [-0.2, -0.15) is 0 Å². The minimum absolute atomic E-state index is 0.0949. The molecule has 1 aliphatic heterocycles. The minimum atomic E-state index is 0.0949. The fourth-order valence-corrected chi connectivity index (χ4v) is 3.35. The van der Waals surface area contributed by atoms with Gasteiger partial charge in [0.15, 0.2) is 0 Å². The number of nitrogens with zero attached hydrogens (tertiary/aromatic N) is 1. The Morgan fingerprint density at radius 3 is 2.38 bits per heavy atom. The maximum Gasteiger partial charge on any atom is 0.224 e. The first-order valence-electron chi connectivity index (χ1n) is 8.83. The van der Waals surface area contributed by atoms with Crippen LogP contribution < -0.4 is 5.32 Å². The molecule has 3 heteroatoms. The molecule has 3 rings (SSSR count). The second-order valence-corrected chi connectivity index (χ2v) is 6.64. The molecular formula is C21H26N2O. The van der Waals surface area contributed by atoms with Gasteiger partial charge in [0, 0.05) is 6.54 Å². The topological polar surface area (TPSA) is 32.3 Å². The Kier molecular flexibility index (Phi) is 5.65. The van der Waals surface area contributed by atoms with E-state index < -0.39 is 0 Å². The quantitative estimate of drug-likeness (QED) is 0.883. The number of hydrogen-bond donors (Lipinski definition) is 1. The third kappa shape index (κ3) is 4.45. The molecule has 1 fully saturated rings. The number of benzene rings is 2. The highest BCUT2D eigenvalue weighted by molar-refractivity contribution is 5.78. The molecule has 1 saturated heterocycles. The van der Waals surface area contributed by atoms with E-state index >= 15 is 0 Å². The maximum atomic E-state index is 12.3. The average Bonchev–Trinajstić information content (AvgIpc) is 3.12. The molecule has 2 aromatic carbocycles. The Hall–Kier alpha value is -2.13. The standard InChI is InChI=1S/C21H26N2O/c1-17-9-11-19(12-10-17)20(23-13-5-6-14-23)16-22-21(24)15-18-7-3-2-4-8-18/h2-4,7-12,20H,5-6,13-16H2,1H3,(H,22,24). The smallest absolute Gasteiger partial charge is 0.224 e. The van der Waals surface area contributed by atoms with E-state index in [1.807, 2.05) is 30.3 Å². The highest BCUT2D eigenvalue weighted by atomic mass is 16.1. The van der Waals surface area contributed by atoms with Crippen LogP contribution >= 0.6 is 0 Å². The van der Waals surface area contributed by atoms with Gasteiger partial charge in [-0.15, -0.1) is 0 Å². The maximum absolute atomic E-state index is 12.3. The summed E-state index contributed by atoms with van der Waals surface area (Å²) in [6.07, 6.45) is 2.95. The molecule has 1 amide bonds. The molecule has 24 heavy (non-hydrogen) atoms. The number of nitrogens with one attached hydrogen (secondary N) is 1. The largest absolute Gasteiger partial charge is 0.354 e. The fourth-order valence-electron chi connectivity index (χ4n) is 3.35. The van der Waals surface area contributed by atoms with Crippen LogP contribution in [0.5, 0.6) is 0 Å². The van der Waals surface area contributed by atoms with E-state index in [1.165, 1.54) is 24.0 Å². The first-order chi connectivity index (χ1) is 11.7. The Morgan fingerprint density at radius 2 is 1.71 bits per heavy atom. The molecule has 1 unspecified atom stereocenters. The first kappa shape index (κ1) is 16.7. The van der Waals surface area contributed by atoms with Gasteiger partial charge in [0.25, 0.3) is 0 Å². The van der Waals surface area contributed by atoms with Crippen LogP contribution in [0.1, 0.15) is 35.6 Å². The summed E-state index contributed by atoms with van der Waals surface area (Å²) in [5, 5.41) is 3.14. The van der Waals surface area contributed by atoms with Crippen LogP contribution in [0.4, 0.5) is 0 Å². The summed E-state index contributed by atoms with van der Waals surface area (Å²) in [6.45, 7) is 5.02. The van der Waals surface area contributed by atoms with Crippen molar-refractivity contribution < 1.29 is 4.79 Å². The lowest BCUT2D eigenvalue weighted by Gasteiger charge is -2.28. The molecule has 0 aromatic heterocycles. The zero-order valence-corrected chi connectivity index (χ0v) is 14.4. The van der Waals surface area contributed by atoms with Crippen LogP contribution in [0.25, 0.3) is 0 Å². The van der Waals surface area contributed by atoms with Crippen molar-refractivity contribution in [2.75, 3.05) is 19.6 Å². The summed E-state index contributed by atoms with van der Waals surface area (Å²) in [5.74, 6) is 0.0949. The van der Waals surface area contributed by atoms with Gasteiger partial charge in [-0.05, 0) is 44.0 Å². The van der Waals surface area contributed by atoms with Crippen molar-refractivity contribution in [1.82, 2.24) is 10.2 Å². The van der Waals surface area contributed by atoms with Gasteiger partial charge in [0.05, 0.1) is 12.5 Å². The second-order valence-electron chi connectivity index (χ2n) is 6.64.